The van der Waals surface area contributed by atoms with Gasteiger partial charge in [-0.1, -0.05) is 48.0 Å². The van der Waals surface area contributed by atoms with Gasteiger partial charge >= 0.3 is 0 Å². The monoisotopic (exact) mass is 577 g/mol. The highest BCUT2D eigenvalue weighted by Crippen LogP contribution is 2.54. The first-order valence-corrected chi connectivity index (χ1v) is 14.3. The first-order chi connectivity index (χ1) is 19.9. The van der Waals surface area contributed by atoms with Crippen molar-refractivity contribution >= 4 is 40.7 Å². The summed E-state index contributed by atoms with van der Waals surface area (Å²) in [6.07, 6.45) is 6.93. The predicted octanol–water partition coefficient (Wildman–Crippen LogP) is 3.21. The summed E-state index contributed by atoms with van der Waals surface area (Å²) in [5.41, 5.74) is -0.137. The molecule has 0 aromatic heterocycles. The third-order valence-electron chi connectivity index (χ3n) is 8.32. The summed E-state index contributed by atoms with van der Waals surface area (Å²) in [7, 11) is 0. The molecule has 4 aliphatic heterocycles. The van der Waals surface area contributed by atoms with Gasteiger partial charge in [0.25, 0.3) is 5.91 Å². The number of aliphatic hydroxyl groups is 1. The number of rotatable bonds is 7. The molecular formula is C31H32ClN3O6. The molecule has 41 heavy (non-hydrogen) atoms. The van der Waals surface area contributed by atoms with Crippen molar-refractivity contribution in [2.45, 2.75) is 31.1 Å². The fraction of sp³-hybridized carbons (Fsp3) is 0.387. The quantitative estimate of drug-likeness (QED) is 0.508. The summed E-state index contributed by atoms with van der Waals surface area (Å²) < 4.78 is 12.2. The highest BCUT2D eigenvalue weighted by molar-refractivity contribution is 6.34. The number of ether oxygens (including phenoxy) is 2. The van der Waals surface area contributed by atoms with E-state index in [1.54, 1.807) is 40.1 Å². The van der Waals surface area contributed by atoms with Crippen LogP contribution in [0.3, 0.4) is 0 Å². The average molecular weight is 578 g/mol. The fourth-order valence-electron chi connectivity index (χ4n) is 6.63. The summed E-state index contributed by atoms with van der Waals surface area (Å²) >= 11 is 6.49. The number of halogens is 1. The van der Waals surface area contributed by atoms with Gasteiger partial charge in [-0.15, -0.1) is 0 Å². The number of amides is 3. The van der Waals surface area contributed by atoms with Crippen molar-refractivity contribution in [1.29, 1.82) is 0 Å². The molecule has 6 rings (SSSR count). The summed E-state index contributed by atoms with van der Waals surface area (Å²) in [6, 6.07) is 13.3. The Labute approximate surface area is 243 Å². The van der Waals surface area contributed by atoms with Gasteiger partial charge in [0.2, 0.25) is 11.8 Å². The van der Waals surface area contributed by atoms with Crippen LogP contribution < -0.4 is 14.5 Å². The van der Waals surface area contributed by atoms with Crippen molar-refractivity contribution in [2.75, 3.05) is 42.6 Å². The molecule has 0 aliphatic carbocycles. The number of carbonyl (C=O) groups is 3. The second-order valence-corrected chi connectivity index (χ2v) is 11.0. The second-order valence-electron chi connectivity index (χ2n) is 10.6. The van der Waals surface area contributed by atoms with E-state index in [9.17, 15) is 19.5 Å². The Kier molecular flexibility index (Phi) is 7.36. The van der Waals surface area contributed by atoms with E-state index in [0.717, 1.165) is 0 Å². The van der Waals surface area contributed by atoms with E-state index in [0.29, 0.717) is 35.3 Å². The molecule has 4 aliphatic rings. The van der Waals surface area contributed by atoms with E-state index in [-0.39, 0.29) is 43.8 Å². The van der Waals surface area contributed by atoms with Crippen molar-refractivity contribution in [3.05, 3.63) is 77.9 Å². The lowest BCUT2D eigenvalue weighted by atomic mass is 9.77. The highest BCUT2D eigenvalue weighted by Gasteiger charge is 2.71. The molecule has 10 heteroatoms. The molecule has 0 saturated carbocycles. The lowest BCUT2D eigenvalue weighted by Gasteiger charge is -2.35. The van der Waals surface area contributed by atoms with Gasteiger partial charge in [0.1, 0.15) is 17.4 Å². The minimum atomic E-state index is -1.35. The van der Waals surface area contributed by atoms with Gasteiger partial charge in [-0.25, -0.2) is 0 Å². The summed E-state index contributed by atoms with van der Waals surface area (Å²) in [5.74, 6) is -1.95. The predicted molar refractivity (Wildman–Crippen MR) is 154 cm³/mol. The second kappa shape index (κ2) is 11.0. The smallest absolute Gasteiger partial charge is 0.253 e. The summed E-state index contributed by atoms with van der Waals surface area (Å²) in [5, 5.41) is 10.0. The number of hydrogen-bond donors (Lipinski definition) is 1. The van der Waals surface area contributed by atoms with E-state index in [1.165, 1.54) is 4.90 Å². The first-order valence-electron chi connectivity index (χ1n) is 13.9. The normalized spacial score (nSPS) is 28.9. The SMILES string of the molecule is CCOc1ccc(N2CC=C[C@H]3O[C@]45C=CCN(c6ccccc6Cl)C(=O)C4N(CCCO)C(=O)[C@@H]5[C@H]3C2=O)cc1. The van der Waals surface area contributed by atoms with Crippen LogP contribution >= 0.6 is 11.6 Å². The Balaban J connectivity index is 1.40. The molecule has 2 aromatic rings. The third kappa shape index (κ3) is 4.43. The van der Waals surface area contributed by atoms with E-state index >= 15 is 0 Å². The van der Waals surface area contributed by atoms with Gasteiger partial charge in [-0.2, -0.15) is 0 Å². The third-order valence-corrected chi connectivity index (χ3v) is 8.64. The zero-order valence-corrected chi connectivity index (χ0v) is 23.4. The molecule has 4 heterocycles. The molecule has 5 atom stereocenters. The van der Waals surface area contributed by atoms with Crippen LogP contribution in [0.2, 0.25) is 5.02 Å². The Morgan fingerprint density at radius 3 is 2.49 bits per heavy atom. The minimum Gasteiger partial charge on any atom is -0.494 e. The average Bonchev–Trinajstić information content (AvgIpc) is 3.28. The van der Waals surface area contributed by atoms with E-state index in [1.807, 2.05) is 49.4 Å². The van der Waals surface area contributed by atoms with Crippen molar-refractivity contribution in [2.24, 2.45) is 11.8 Å². The number of hydrogen-bond acceptors (Lipinski definition) is 6. The van der Waals surface area contributed by atoms with Gasteiger partial charge in [0.15, 0.2) is 0 Å². The molecule has 0 radical (unpaired) electrons. The Morgan fingerprint density at radius 1 is 1.00 bits per heavy atom. The standard InChI is InChI=1S/C31H32ClN3O6/c1-2-40-21-13-11-20(12-14-21)33-16-5-10-24-25(28(33)37)26-29(38)35(18-7-19-36)27-30(39)34(17-6-15-31(26,27)41-24)23-9-4-3-8-22(23)32/h3-6,8-15,24-27,36H,2,7,16-19H2,1H3/t24-,25+,26+,27?,31+/m1/s1. The number of likely N-dealkylation sites (tertiary alicyclic amines) is 1. The van der Waals surface area contributed by atoms with Crippen LogP contribution in [0.15, 0.2) is 72.8 Å². The van der Waals surface area contributed by atoms with E-state index in [4.69, 9.17) is 21.1 Å². The number of anilines is 2. The lowest BCUT2D eigenvalue weighted by Crippen LogP contribution is -2.55. The van der Waals surface area contributed by atoms with E-state index in [2.05, 4.69) is 0 Å². The maximum absolute atomic E-state index is 14.3. The lowest BCUT2D eigenvalue weighted by molar-refractivity contribution is -0.140. The molecule has 2 fully saturated rings. The Hall–Kier alpha value is -3.66. The number of carbonyl (C=O) groups excluding carboxylic acids is 3. The van der Waals surface area contributed by atoms with Crippen LogP contribution in [0.25, 0.3) is 0 Å². The topological polar surface area (TPSA) is 99.6 Å². The van der Waals surface area contributed by atoms with Crippen molar-refractivity contribution in [3.8, 4) is 5.75 Å². The molecule has 214 valence electrons. The zero-order chi connectivity index (χ0) is 28.7. The Bertz CT molecular complexity index is 1410. The number of aliphatic hydroxyl groups excluding tert-OH is 1. The molecule has 9 nitrogen and oxygen atoms in total. The molecule has 1 unspecified atom stereocenters. The molecular weight excluding hydrogens is 546 g/mol. The van der Waals surface area contributed by atoms with Gasteiger partial charge in [0.05, 0.1) is 35.3 Å². The van der Waals surface area contributed by atoms with Crippen LogP contribution in [-0.2, 0) is 19.1 Å². The van der Waals surface area contributed by atoms with Gasteiger partial charge in [-0.05, 0) is 49.7 Å². The minimum absolute atomic E-state index is 0.146. The highest BCUT2D eigenvalue weighted by atomic mass is 35.5. The van der Waals surface area contributed by atoms with Crippen molar-refractivity contribution < 1.29 is 29.0 Å². The summed E-state index contributed by atoms with van der Waals surface area (Å²) in [4.78, 5) is 47.5. The van der Waals surface area contributed by atoms with Crippen molar-refractivity contribution in [1.82, 2.24) is 4.90 Å². The number of para-hydroxylation sites is 1. The fourth-order valence-corrected chi connectivity index (χ4v) is 6.86. The summed E-state index contributed by atoms with van der Waals surface area (Å²) in [6.45, 7) is 3.00. The number of nitrogens with zero attached hydrogens (tertiary/aromatic N) is 3. The van der Waals surface area contributed by atoms with Gasteiger partial charge < -0.3 is 29.3 Å². The van der Waals surface area contributed by atoms with Crippen LogP contribution in [-0.4, -0.2) is 78.3 Å². The Morgan fingerprint density at radius 2 is 1.76 bits per heavy atom. The molecule has 1 N–H and O–H groups in total. The molecule has 1 spiro atoms. The molecule has 0 bridgehead atoms. The van der Waals surface area contributed by atoms with Crippen LogP contribution in [0, 0.1) is 11.8 Å². The maximum Gasteiger partial charge on any atom is 0.253 e. The molecule has 3 amide bonds. The van der Waals surface area contributed by atoms with E-state index < -0.39 is 29.6 Å². The first kappa shape index (κ1) is 27.5. The molecule has 2 aromatic carbocycles. The molecule has 2 saturated heterocycles. The van der Waals surface area contributed by atoms with Gasteiger partial charge in [0, 0.05) is 31.9 Å². The number of benzene rings is 2. The van der Waals surface area contributed by atoms with Crippen LogP contribution in [0.4, 0.5) is 11.4 Å². The van der Waals surface area contributed by atoms with Crippen LogP contribution in [0.5, 0.6) is 5.75 Å². The largest absolute Gasteiger partial charge is 0.494 e. The van der Waals surface area contributed by atoms with Crippen LogP contribution in [0.1, 0.15) is 13.3 Å². The maximum atomic E-state index is 14.3. The van der Waals surface area contributed by atoms with Crippen molar-refractivity contribution in [3.63, 3.8) is 0 Å². The zero-order valence-electron chi connectivity index (χ0n) is 22.7. The number of fused-ring (bicyclic) bond motifs is 2. The van der Waals surface area contributed by atoms with Gasteiger partial charge in [-0.3, -0.25) is 14.4 Å².